The molecular formula is C19H27N7O8. The minimum atomic E-state index is -1.58. The number of aromatic amines is 1. The van der Waals surface area contributed by atoms with Gasteiger partial charge in [0.05, 0.1) is 25.2 Å². The zero-order valence-corrected chi connectivity index (χ0v) is 18.1. The van der Waals surface area contributed by atoms with Crippen molar-refractivity contribution in [2.45, 2.75) is 56.3 Å². The minimum absolute atomic E-state index is 0.0953. The van der Waals surface area contributed by atoms with Crippen molar-refractivity contribution in [1.82, 2.24) is 25.5 Å². The topological polar surface area (TPSA) is 251 Å². The van der Waals surface area contributed by atoms with Gasteiger partial charge in [-0.15, -0.1) is 0 Å². The summed E-state index contributed by atoms with van der Waals surface area (Å²) in [4.78, 5) is 79.7. The summed E-state index contributed by atoms with van der Waals surface area (Å²) in [6.07, 6.45) is 1.92. The number of imidazole rings is 1. The van der Waals surface area contributed by atoms with E-state index in [1.807, 2.05) is 0 Å². The van der Waals surface area contributed by atoms with Gasteiger partial charge in [0.25, 0.3) is 0 Å². The number of nitrogens with one attached hydrogen (secondary N) is 3. The van der Waals surface area contributed by atoms with E-state index >= 15 is 0 Å². The van der Waals surface area contributed by atoms with Crippen LogP contribution in [0.2, 0.25) is 0 Å². The molecule has 15 nitrogen and oxygen atoms in total. The Labute approximate surface area is 193 Å². The van der Waals surface area contributed by atoms with Crippen molar-refractivity contribution in [1.29, 1.82) is 0 Å². The Bertz CT molecular complexity index is 935. The van der Waals surface area contributed by atoms with E-state index in [0.717, 1.165) is 4.90 Å². The molecule has 1 aromatic heterocycles. The highest BCUT2D eigenvalue weighted by atomic mass is 16.4. The molecule has 15 heteroatoms. The van der Waals surface area contributed by atoms with E-state index in [0.29, 0.717) is 12.1 Å². The molecule has 4 unspecified atom stereocenters. The van der Waals surface area contributed by atoms with Crippen molar-refractivity contribution >= 4 is 35.6 Å². The van der Waals surface area contributed by atoms with Crippen LogP contribution >= 0.6 is 0 Å². The van der Waals surface area contributed by atoms with Gasteiger partial charge in [0.2, 0.25) is 23.6 Å². The lowest BCUT2D eigenvalue weighted by molar-refractivity contribution is -0.150. The van der Waals surface area contributed by atoms with Gasteiger partial charge < -0.3 is 42.2 Å². The molecule has 9 N–H and O–H groups in total. The minimum Gasteiger partial charge on any atom is -0.481 e. The molecule has 4 amide bonds. The fraction of sp³-hybridized carbons (Fsp3) is 0.526. The highest BCUT2D eigenvalue weighted by Gasteiger charge is 2.39. The molecule has 4 atom stereocenters. The molecule has 0 spiro atoms. The summed E-state index contributed by atoms with van der Waals surface area (Å²) in [6.45, 7) is 0.0953. The smallest absolute Gasteiger partial charge is 0.326 e. The number of rotatable bonds is 12. The molecule has 0 bridgehead atoms. The lowest BCUT2D eigenvalue weighted by atomic mass is 10.1. The first kappa shape index (κ1) is 26.2. The van der Waals surface area contributed by atoms with Gasteiger partial charge in [0, 0.05) is 24.9 Å². The van der Waals surface area contributed by atoms with Crippen LogP contribution in [0.4, 0.5) is 0 Å². The zero-order chi connectivity index (χ0) is 25.4. The Morgan fingerprint density at radius 3 is 2.35 bits per heavy atom. The van der Waals surface area contributed by atoms with E-state index in [-0.39, 0.29) is 19.4 Å². The first-order valence-electron chi connectivity index (χ1n) is 10.4. The number of nitrogens with zero attached hydrogens (tertiary/aromatic N) is 2. The first-order chi connectivity index (χ1) is 16.0. The van der Waals surface area contributed by atoms with Crippen LogP contribution in [0, 0.1) is 0 Å². The van der Waals surface area contributed by atoms with Crippen LogP contribution in [0.5, 0.6) is 0 Å². The molecular weight excluding hydrogens is 454 g/mol. The SMILES string of the molecule is NC(=O)CC(N)C(=O)NC(Cc1cnc[nH]1)C(=O)NC(CC(=O)O)C(=O)N1CCCC1C(=O)O. The van der Waals surface area contributed by atoms with Gasteiger partial charge in [-0.3, -0.25) is 24.0 Å². The van der Waals surface area contributed by atoms with Crippen LogP contribution in [-0.2, 0) is 35.2 Å². The third kappa shape index (κ3) is 7.26. The summed E-state index contributed by atoms with van der Waals surface area (Å²) in [6, 6.07) is -5.38. The maximum absolute atomic E-state index is 13.0. The van der Waals surface area contributed by atoms with Gasteiger partial charge in [-0.2, -0.15) is 0 Å². The third-order valence-corrected chi connectivity index (χ3v) is 5.18. The number of likely N-dealkylation sites (tertiary alicyclic amines) is 1. The normalized spacial score (nSPS) is 17.9. The number of hydrogen-bond donors (Lipinski definition) is 7. The van der Waals surface area contributed by atoms with E-state index in [9.17, 15) is 39.0 Å². The Hall–Kier alpha value is -4.01. The molecule has 1 saturated heterocycles. The van der Waals surface area contributed by atoms with E-state index < -0.39 is 72.6 Å². The Morgan fingerprint density at radius 1 is 1.12 bits per heavy atom. The molecule has 1 fully saturated rings. The van der Waals surface area contributed by atoms with Crippen molar-refractivity contribution in [2.24, 2.45) is 11.5 Å². The Balaban J connectivity index is 2.21. The Kier molecular flexibility index (Phi) is 9.06. The van der Waals surface area contributed by atoms with Gasteiger partial charge in [-0.25, -0.2) is 9.78 Å². The number of hydrogen-bond acceptors (Lipinski definition) is 8. The monoisotopic (exact) mass is 481 g/mol. The number of primary amides is 1. The fourth-order valence-corrected chi connectivity index (χ4v) is 3.55. The average molecular weight is 481 g/mol. The summed E-state index contributed by atoms with van der Waals surface area (Å²) in [5.74, 6) is -6.12. The number of amides is 4. The van der Waals surface area contributed by atoms with Gasteiger partial charge in [0.1, 0.15) is 18.1 Å². The summed E-state index contributed by atoms with van der Waals surface area (Å²) in [5.41, 5.74) is 11.1. The lowest BCUT2D eigenvalue weighted by Gasteiger charge is -2.28. The number of carboxylic acid groups (broad SMARTS) is 2. The van der Waals surface area contributed by atoms with Crippen molar-refractivity contribution < 1.29 is 39.0 Å². The maximum atomic E-state index is 13.0. The lowest BCUT2D eigenvalue weighted by Crippen LogP contribution is -2.58. The number of nitrogens with two attached hydrogens (primary N) is 2. The highest BCUT2D eigenvalue weighted by Crippen LogP contribution is 2.19. The molecule has 1 aromatic rings. The number of aromatic nitrogens is 2. The number of carbonyl (C=O) groups is 6. The third-order valence-electron chi connectivity index (χ3n) is 5.18. The predicted octanol–water partition coefficient (Wildman–Crippen LogP) is -3.33. The quantitative estimate of drug-likeness (QED) is 0.156. The van der Waals surface area contributed by atoms with Gasteiger partial charge in [-0.05, 0) is 12.8 Å². The average Bonchev–Trinajstić information content (AvgIpc) is 3.43. The Morgan fingerprint density at radius 2 is 1.79 bits per heavy atom. The van der Waals surface area contributed by atoms with Crippen LogP contribution in [0.15, 0.2) is 12.5 Å². The van der Waals surface area contributed by atoms with Crippen molar-refractivity contribution in [3.8, 4) is 0 Å². The number of aliphatic carboxylic acids is 2. The first-order valence-corrected chi connectivity index (χ1v) is 10.4. The molecule has 0 radical (unpaired) electrons. The van der Waals surface area contributed by atoms with E-state index in [1.54, 1.807) is 0 Å². The van der Waals surface area contributed by atoms with E-state index in [1.165, 1.54) is 12.5 Å². The van der Waals surface area contributed by atoms with Gasteiger partial charge in [-0.1, -0.05) is 0 Å². The van der Waals surface area contributed by atoms with Gasteiger partial charge in [0.15, 0.2) is 0 Å². The van der Waals surface area contributed by atoms with Gasteiger partial charge >= 0.3 is 11.9 Å². The van der Waals surface area contributed by atoms with Crippen LogP contribution in [0.3, 0.4) is 0 Å². The molecule has 0 saturated carbocycles. The van der Waals surface area contributed by atoms with Crippen molar-refractivity contribution in [3.05, 3.63) is 18.2 Å². The molecule has 0 aliphatic carbocycles. The predicted molar refractivity (Wildman–Crippen MR) is 113 cm³/mol. The highest BCUT2D eigenvalue weighted by molar-refractivity contribution is 5.96. The summed E-state index contributed by atoms with van der Waals surface area (Å²) < 4.78 is 0. The standard InChI is InChI=1S/C19H27N7O8/c20-10(5-14(21)27)16(30)24-11(4-9-7-22-8-23-9)17(31)25-12(6-15(28)29)18(32)26-3-1-2-13(26)19(33)34/h7-8,10-13H,1-6,20H2,(H2,21,27)(H,22,23)(H,24,30)(H,25,31)(H,28,29)(H,33,34). The molecule has 0 aromatic carbocycles. The maximum Gasteiger partial charge on any atom is 0.326 e. The molecule has 2 rings (SSSR count). The number of carboxylic acids is 2. The molecule has 1 aliphatic heterocycles. The van der Waals surface area contributed by atoms with Crippen LogP contribution in [0.25, 0.3) is 0 Å². The number of H-pyrrole nitrogens is 1. The second-order valence-electron chi connectivity index (χ2n) is 7.81. The van der Waals surface area contributed by atoms with Crippen LogP contribution < -0.4 is 22.1 Å². The van der Waals surface area contributed by atoms with Crippen molar-refractivity contribution in [3.63, 3.8) is 0 Å². The second kappa shape index (κ2) is 11.7. The summed E-state index contributed by atoms with van der Waals surface area (Å²) in [7, 11) is 0. The summed E-state index contributed by atoms with van der Waals surface area (Å²) in [5, 5.41) is 23.2. The zero-order valence-electron chi connectivity index (χ0n) is 18.1. The fourth-order valence-electron chi connectivity index (χ4n) is 3.55. The molecule has 34 heavy (non-hydrogen) atoms. The van der Waals surface area contributed by atoms with E-state index in [4.69, 9.17) is 11.5 Å². The second-order valence-corrected chi connectivity index (χ2v) is 7.81. The molecule has 2 heterocycles. The van der Waals surface area contributed by atoms with Crippen LogP contribution in [-0.4, -0.2) is 91.4 Å². The van der Waals surface area contributed by atoms with Crippen molar-refractivity contribution in [2.75, 3.05) is 6.54 Å². The molecule has 1 aliphatic rings. The molecule has 186 valence electrons. The van der Waals surface area contributed by atoms with Crippen LogP contribution in [0.1, 0.15) is 31.4 Å². The van der Waals surface area contributed by atoms with E-state index in [2.05, 4.69) is 20.6 Å². The largest absolute Gasteiger partial charge is 0.481 e. The summed E-state index contributed by atoms with van der Waals surface area (Å²) >= 11 is 0. The number of carbonyl (C=O) groups excluding carboxylic acids is 4.